The number of fused-ring (bicyclic) bond motifs is 3. The smallest absolute Gasteiger partial charge is 0.311 e. The molecule has 0 radical (unpaired) electrons. The van der Waals surface area contributed by atoms with Gasteiger partial charge in [0.15, 0.2) is 0 Å². The van der Waals surface area contributed by atoms with E-state index in [4.69, 9.17) is 23.2 Å². The van der Waals surface area contributed by atoms with Crippen molar-refractivity contribution >= 4 is 39.9 Å². The van der Waals surface area contributed by atoms with Gasteiger partial charge in [-0.25, -0.2) is 0 Å². The molecule has 0 fully saturated rings. The first-order valence-corrected chi connectivity index (χ1v) is 7.08. The maximum absolute atomic E-state index is 13.3. The topological polar surface area (TPSA) is 32.9 Å². The quantitative estimate of drug-likeness (QED) is 0.705. The van der Waals surface area contributed by atoms with Crippen molar-refractivity contribution in [3.8, 4) is 0 Å². The molecule has 0 saturated carbocycles. The molecule has 2 aromatic rings. The number of benzene rings is 1. The number of aromatic amines is 1. The highest BCUT2D eigenvalue weighted by molar-refractivity contribution is 6.42. The van der Waals surface area contributed by atoms with Gasteiger partial charge in [-0.15, -0.1) is 0 Å². The number of rotatable bonds is 0. The lowest BCUT2D eigenvalue weighted by molar-refractivity contribution is 0.00168. The molecule has 1 aliphatic rings. The molecule has 0 aliphatic heterocycles. The lowest BCUT2D eigenvalue weighted by Gasteiger charge is -2.20. The van der Waals surface area contributed by atoms with Crippen molar-refractivity contribution in [3.63, 3.8) is 0 Å². The van der Waals surface area contributed by atoms with E-state index in [1.807, 2.05) is 13.8 Å². The SMILES string of the molecule is CC.O=C1c2[nH]c3cc(Cl)c(Cl)cc3c2CCC1(F)F. The predicted octanol–water partition coefficient (Wildman–Crippen LogP) is 5.27. The summed E-state index contributed by atoms with van der Waals surface area (Å²) in [5, 5.41) is 1.35. The van der Waals surface area contributed by atoms with Crippen LogP contribution in [0, 0.1) is 0 Å². The molecular weight excluding hydrogens is 307 g/mol. The third kappa shape index (κ3) is 2.31. The fourth-order valence-corrected chi connectivity index (χ4v) is 2.60. The van der Waals surface area contributed by atoms with E-state index in [1.54, 1.807) is 12.1 Å². The average molecular weight is 320 g/mol. The molecule has 0 atom stereocenters. The normalized spacial score (nSPS) is 16.6. The molecule has 3 rings (SSSR count). The van der Waals surface area contributed by atoms with E-state index in [0.717, 1.165) is 0 Å². The second-order valence-electron chi connectivity index (χ2n) is 4.32. The van der Waals surface area contributed by atoms with Gasteiger partial charge in [-0.2, -0.15) is 8.78 Å². The van der Waals surface area contributed by atoms with Crippen LogP contribution in [0.3, 0.4) is 0 Å². The summed E-state index contributed by atoms with van der Waals surface area (Å²) in [5.74, 6) is -4.45. The number of ketones is 1. The van der Waals surface area contributed by atoms with Gasteiger partial charge >= 0.3 is 5.92 Å². The van der Waals surface area contributed by atoms with E-state index in [9.17, 15) is 13.6 Å². The molecule has 1 aliphatic carbocycles. The van der Waals surface area contributed by atoms with E-state index >= 15 is 0 Å². The summed E-state index contributed by atoms with van der Waals surface area (Å²) < 4.78 is 26.7. The van der Waals surface area contributed by atoms with Crippen LogP contribution in [0.2, 0.25) is 10.0 Å². The van der Waals surface area contributed by atoms with Crippen LogP contribution in [-0.2, 0) is 6.42 Å². The van der Waals surface area contributed by atoms with Crippen molar-refractivity contribution in [2.24, 2.45) is 0 Å². The van der Waals surface area contributed by atoms with Gasteiger partial charge in [0.2, 0.25) is 5.78 Å². The summed E-state index contributed by atoms with van der Waals surface area (Å²) in [6, 6.07) is 3.15. The van der Waals surface area contributed by atoms with Gasteiger partial charge in [-0.05, 0) is 24.1 Å². The fourth-order valence-electron chi connectivity index (χ4n) is 2.28. The van der Waals surface area contributed by atoms with Crippen LogP contribution in [0.5, 0.6) is 0 Å². The molecule has 108 valence electrons. The number of aromatic nitrogens is 1. The van der Waals surface area contributed by atoms with Gasteiger partial charge in [-0.1, -0.05) is 37.0 Å². The van der Waals surface area contributed by atoms with Crippen molar-refractivity contribution < 1.29 is 13.6 Å². The second kappa shape index (κ2) is 5.34. The third-order valence-electron chi connectivity index (χ3n) is 3.20. The fraction of sp³-hybridized carbons (Fsp3) is 0.357. The largest absolute Gasteiger partial charge is 0.352 e. The van der Waals surface area contributed by atoms with E-state index < -0.39 is 18.1 Å². The van der Waals surface area contributed by atoms with E-state index in [2.05, 4.69) is 4.98 Å². The molecule has 0 amide bonds. The number of alkyl halides is 2. The van der Waals surface area contributed by atoms with Crippen LogP contribution < -0.4 is 0 Å². The Hall–Kier alpha value is -1.13. The van der Waals surface area contributed by atoms with Crippen molar-refractivity contribution in [2.45, 2.75) is 32.6 Å². The van der Waals surface area contributed by atoms with Crippen LogP contribution in [0.15, 0.2) is 12.1 Å². The molecule has 0 spiro atoms. The molecule has 1 aromatic heterocycles. The van der Waals surface area contributed by atoms with Gasteiger partial charge in [0, 0.05) is 17.3 Å². The summed E-state index contributed by atoms with van der Waals surface area (Å²) in [6.45, 7) is 4.00. The van der Waals surface area contributed by atoms with Crippen LogP contribution in [0.4, 0.5) is 8.78 Å². The Kier molecular flexibility index (Phi) is 4.07. The van der Waals surface area contributed by atoms with Crippen molar-refractivity contribution in [3.05, 3.63) is 33.4 Å². The Labute approximate surface area is 125 Å². The minimum Gasteiger partial charge on any atom is -0.352 e. The first kappa shape index (κ1) is 15.3. The Bertz CT molecular complexity index is 679. The minimum atomic E-state index is -3.29. The zero-order valence-electron chi connectivity index (χ0n) is 11.0. The van der Waals surface area contributed by atoms with Gasteiger partial charge in [0.25, 0.3) is 0 Å². The Morgan fingerprint density at radius 3 is 2.45 bits per heavy atom. The van der Waals surface area contributed by atoms with Gasteiger partial charge in [0.1, 0.15) is 0 Å². The van der Waals surface area contributed by atoms with Gasteiger partial charge < -0.3 is 4.98 Å². The molecular formula is C14H13Cl2F2NO. The standard InChI is InChI=1S/C12H7Cl2F2NO.C2H6/c13-7-3-6-5-1-2-12(15,16)11(18)10(5)17-9(6)4-8(7)14;1-2/h3-4,17H,1-2H2;1-2H3. The zero-order valence-corrected chi connectivity index (χ0v) is 12.5. The van der Waals surface area contributed by atoms with Gasteiger partial charge in [0.05, 0.1) is 15.7 Å². The maximum atomic E-state index is 13.3. The lowest BCUT2D eigenvalue weighted by Crippen LogP contribution is -2.34. The monoisotopic (exact) mass is 319 g/mol. The van der Waals surface area contributed by atoms with Crippen molar-refractivity contribution in [1.82, 2.24) is 4.98 Å². The molecule has 6 heteroatoms. The highest BCUT2D eigenvalue weighted by Crippen LogP contribution is 2.38. The highest BCUT2D eigenvalue weighted by Gasteiger charge is 2.44. The summed E-state index contributed by atoms with van der Waals surface area (Å²) in [4.78, 5) is 14.3. The zero-order chi connectivity index (χ0) is 15.1. The van der Waals surface area contributed by atoms with Crippen LogP contribution in [0.25, 0.3) is 10.9 Å². The molecule has 1 heterocycles. The molecule has 0 saturated heterocycles. The van der Waals surface area contributed by atoms with Crippen molar-refractivity contribution in [2.75, 3.05) is 0 Å². The number of aryl methyl sites for hydroxylation is 1. The molecule has 20 heavy (non-hydrogen) atoms. The number of hydrogen-bond acceptors (Lipinski definition) is 1. The number of nitrogens with one attached hydrogen (secondary N) is 1. The molecule has 1 N–H and O–H groups in total. The summed E-state index contributed by atoms with van der Waals surface area (Å²) in [6.07, 6.45) is -0.321. The number of carbonyl (C=O) groups excluding carboxylic acids is 1. The first-order valence-electron chi connectivity index (χ1n) is 6.32. The highest BCUT2D eigenvalue weighted by atomic mass is 35.5. The maximum Gasteiger partial charge on any atom is 0.311 e. The first-order chi connectivity index (χ1) is 9.40. The number of Topliss-reactive ketones (excluding diaryl/α,β-unsaturated/α-hetero) is 1. The predicted molar refractivity (Wildman–Crippen MR) is 77.3 cm³/mol. The molecule has 1 aromatic carbocycles. The van der Waals surface area contributed by atoms with E-state index in [0.29, 0.717) is 26.5 Å². The summed E-state index contributed by atoms with van der Waals surface area (Å²) in [5.41, 5.74) is 1.12. The molecule has 2 nitrogen and oxygen atoms in total. The average Bonchev–Trinajstić information content (AvgIpc) is 2.76. The summed E-state index contributed by atoms with van der Waals surface area (Å²) >= 11 is 11.8. The lowest BCUT2D eigenvalue weighted by atomic mass is 9.92. The van der Waals surface area contributed by atoms with Gasteiger partial charge in [-0.3, -0.25) is 4.79 Å². The van der Waals surface area contributed by atoms with E-state index in [1.165, 1.54) is 0 Å². The van der Waals surface area contributed by atoms with Crippen molar-refractivity contribution in [1.29, 1.82) is 0 Å². The number of halogens is 4. The van der Waals surface area contributed by atoms with E-state index in [-0.39, 0.29) is 12.1 Å². The third-order valence-corrected chi connectivity index (χ3v) is 3.92. The number of H-pyrrole nitrogens is 1. The Morgan fingerprint density at radius 2 is 1.80 bits per heavy atom. The number of hydrogen-bond donors (Lipinski definition) is 1. The van der Waals surface area contributed by atoms with Crippen LogP contribution >= 0.6 is 23.2 Å². The minimum absolute atomic E-state index is 0.0282. The summed E-state index contributed by atoms with van der Waals surface area (Å²) in [7, 11) is 0. The molecule has 0 unspecified atom stereocenters. The second-order valence-corrected chi connectivity index (χ2v) is 5.14. The Balaban J connectivity index is 0.000000704. The molecule has 0 bridgehead atoms. The Morgan fingerprint density at radius 1 is 1.20 bits per heavy atom. The van der Waals surface area contributed by atoms with Crippen LogP contribution in [0.1, 0.15) is 36.3 Å². The number of carbonyl (C=O) groups is 1. The van der Waals surface area contributed by atoms with Crippen LogP contribution in [-0.4, -0.2) is 16.7 Å².